The lowest BCUT2D eigenvalue weighted by Crippen LogP contribution is -2.40. The Morgan fingerprint density at radius 3 is 2.71 bits per heavy atom. The lowest BCUT2D eigenvalue weighted by atomic mass is 9.93. The highest BCUT2D eigenvalue weighted by Crippen LogP contribution is 2.33. The van der Waals surface area contributed by atoms with Crippen LogP contribution in [0.2, 0.25) is 0 Å². The molecule has 0 aliphatic carbocycles. The van der Waals surface area contributed by atoms with Crippen LogP contribution in [0.15, 0.2) is 55.1 Å². The summed E-state index contributed by atoms with van der Waals surface area (Å²) in [5.41, 5.74) is 0.742. The van der Waals surface area contributed by atoms with Gasteiger partial charge in [0.1, 0.15) is 23.8 Å². The molecule has 1 amide bonds. The van der Waals surface area contributed by atoms with Crippen LogP contribution in [0.1, 0.15) is 24.5 Å². The maximum Gasteiger partial charge on any atom is 0.244 e. The SMILES string of the molecule is O=C(Cn1cccn1)N1CCC(c2nccnc2Oc2cccc(F)c2)CC1. The normalized spacial score (nSPS) is 14.8. The molecule has 0 spiro atoms. The number of piperidine rings is 1. The molecule has 0 radical (unpaired) electrons. The van der Waals surface area contributed by atoms with E-state index in [0.29, 0.717) is 24.7 Å². The number of aromatic nitrogens is 4. The summed E-state index contributed by atoms with van der Waals surface area (Å²) in [6, 6.07) is 7.74. The molecule has 28 heavy (non-hydrogen) atoms. The first-order chi connectivity index (χ1) is 13.7. The third-order valence-electron chi connectivity index (χ3n) is 4.79. The molecule has 2 aromatic heterocycles. The molecule has 1 saturated heterocycles. The van der Waals surface area contributed by atoms with Crippen LogP contribution in [0.5, 0.6) is 11.6 Å². The third kappa shape index (κ3) is 4.16. The van der Waals surface area contributed by atoms with E-state index in [-0.39, 0.29) is 24.2 Å². The summed E-state index contributed by atoms with van der Waals surface area (Å²) < 4.78 is 20.8. The van der Waals surface area contributed by atoms with Gasteiger partial charge in [-0.05, 0) is 31.0 Å². The summed E-state index contributed by atoms with van der Waals surface area (Å²) in [7, 11) is 0. The zero-order valence-corrected chi connectivity index (χ0v) is 15.2. The number of carbonyl (C=O) groups is 1. The van der Waals surface area contributed by atoms with Crippen LogP contribution in [0.25, 0.3) is 0 Å². The highest BCUT2D eigenvalue weighted by Gasteiger charge is 2.27. The number of hydrogen-bond acceptors (Lipinski definition) is 5. The first-order valence-corrected chi connectivity index (χ1v) is 9.18. The number of benzene rings is 1. The van der Waals surface area contributed by atoms with E-state index in [9.17, 15) is 9.18 Å². The molecule has 0 atom stereocenters. The number of nitrogens with zero attached hydrogens (tertiary/aromatic N) is 5. The number of amides is 1. The Morgan fingerprint density at radius 1 is 1.14 bits per heavy atom. The van der Waals surface area contributed by atoms with E-state index in [1.54, 1.807) is 47.7 Å². The smallest absolute Gasteiger partial charge is 0.244 e. The minimum atomic E-state index is -0.369. The summed E-state index contributed by atoms with van der Waals surface area (Å²) in [4.78, 5) is 23.0. The fraction of sp³-hybridized carbons (Fsp3) is 0.300. The summed E-state index contributed by atoms with van der Waals surface area (Å²) in [6.07, 6.45) is 8.16. The quantitative estimate of drug-likeness (QED) is 0.679. The number of carbonyl (C=O) groups excluding carboxylic acids is 1. The molecular formula is C20H20FN5O2. The number of ether oxygens (including phenoxy) is 1. The van der Waals surface area contributed by atoms with Crippen molar-refractivity contribution in [3.8, 4) is 11.6 Å². The van der Waals surface area contributed by atoms with Crippen molar-refractivity contribution in [2.75, 3.05) is 13.1 Å². The van der Waals surface area contributed by atoms with E-state index in [0.717, 1.165) is 18.5 Å². The molecule has 8 heteroatoms. The zero-order chi connectivity index (χ0) is 19.3. The molecule has 3 aromatic rings. The van der Waals surface area contributed by atoms with Gasteiger partial charge in [-0.15, -0.1) is 0 Å². The van der Waals surface area contributed by atoms with Crippen molar-refractivity contribution < 1.29 is 13.9 Å². The topological polar surface area (TPSA) is 73.1 Å². The van der Waals surface area contributed by atoms with Crippen molar-refractivity contribution >= 4 is 5.91 Å². The van der Waals surface area contributed by atoms with Crippen molar-refractivity contribution in [3.63, 3.8) is 0 Å². The highest BCUT2D eigenvalue weighted by atomic mass is 19.1. The van der Waals surface area contributed by atoms with Crippen molar-refractivity contribution in [2.24, 2.45) is 0 Å². The van der Waals surface area contributed by atoms with Crippen LogP contribution in [-0.4, -0.2) is 43.6 Å². The monoisotopic (exact) mass is 381 g/mol. The van der Waals surface area contributed by atoms with Crippen LogP contribution in [0.4, 0.5) is 4.39 Å². The molecule has 144 valence electrons. The van der Waals surface area contributed by atoms with Gasteiger partial charge in [0.05, 0.1) is 0 Å². The van der Waals surface area contributed by atoms with Crippen LogP contribution in [0, 0.1) is 5.82 Å². The first-order valence-electron chi connectivity index (χ1n) is 9.18. The Bertz CT molecular complexity index is 939. The second-order valence-electron chi connectivity index (χ2n) is 6.66. The van der Waals surface area contributed by atoms with Gasteiger partial charge in [0.2, 0.25) is 11.8 Å². The minimum absolute atomic E-state index is 0.0533. The van der Waals surface area contributed by atoms with E-state index in [4.69, 9.17) is 4.74 Å². The van der Waals surface area contributed by atoms with Crippen molar-refractivity contribution in [2.45, 2.75) is 25.3 Å². The largest absolute Gasteiger partial charge is 0.437 e. The van der Waals surface area contributed by atoms with Crippen molar-refractivity contribution in [3.05, 3.63) is 66.6 Å². The summed E-state index contributed by atoms with van der Waals surface area (Å²) >= 11 is 0. The zero-order valence-electron chi connectivity index (χ0n) is 15.2. The molecule has 4 rings (SSSR count). The predicted octanol–water partition coefficient (Wildman–Crippen LogP) is 3.01. The van der Waals surface area contributed by atoms with Crippen LogP contribution >= 0.6 is 0 Å². The molecule has 0 saturated carbocycles. The van der Waals surface area contributed by atoms with Gasteiger partial charge in [-0.25, -0.2) is 9.37 Å². The van der Waals surface area contributed by atoms with Gasteiger partial charge in [-0.1, -0.05) is 6.07 Å². The van der Waals surface area contributed by atoms with Gasteiger partial charge in [-0.3, -0.25) is 14.5 Å². The van der Waals surface area contributed by atoms with E-state index in [1.807, 2.05) is 4.90 Å². The predicted molar refractivity (Wildman–Crippen MR) is 99.3 cm³/mol. The van der Waals surface area contributed by atoms with Crippen LogP contribution < -0.4 is 4.74 Å². The van der Waals surface area contributed by atoms with Crippen molar-refractivity contribution in [1.29, 1.82) is 0 Å². The molecule has 0 unspecified atom stereocenters. The average Bonchev–Trinajstić information content (AvgIpc) is 3.22. The molecule has 7 nitrogen and oxygen atoms in total. The third-order valence-corrected chi connectivity index (χ3v) is 4.79. The average molecular weight is 381 g/mol. The second-order valence-corrected chi connectivity index (χ2v) is 6.66. The van der Waals surface area contributed by atoms with Gasteiger partial charge in [0, 0.05) is 49.9 Å². The van der Waals surface area contributed by atoms with Gasteiger partial charge in [-0.2, -0.15) is 5.10 Å². The van der Waals surface area contributed by atoms with Crippen LogP contribution in [-0.2, 0) is 11.3 Å². The first kappa shape index (κ1) is 18.1. The van der Waals surface area contributed by atoms with E-state index < -0.39 is 0 Å². The minimum Gasteiger partial charge on any atom is -0.437 e. The Balaban J connectivity index is 1.41. The fourth-order valence-electron chi connectivity index (χ4n) is 3.37. The van der Waals surface area contributed by atoms with Gasteiger partial charge >= 0.3 is 0 Å². The van der Waals surface area contributed by atoms with E-state index >= 15 is 0 Å². The molecule has 0 bridgehead atoms. The molecule has 1 fully saturated rings. The lowest BCUT2D eigenvalue weighted by molar-refractivity contribution is -0.133. The highest BCUT2D eigenvalue weighted by molar-refractivity contribution is 5.76. The van der Waals surface area contributed by atoms with Gasteiger partial charge in [0.15, 0.2) is 0 Å². The Morgan fingerprint density at radius 2 is 1.96 bits per heavy atom. The van der Waals surface area contributed by atoms with Crippen molar-refractivity contribution in [1.82, 2.24) is 24.6 Å². The second kappa shape index (κ2) is 8.16. The number of hydrogen-bond donors (Lipinski definition) is 0. The summed E-state index contributed by atoms with van der Waals surface area (Å²) in [5.74, 6) is 0.582. The Kier molecular flexibility index (Phi) is 5.27. The summed E-state index contributed by atoms with van der Waals surface area (Å²) in [5, 5.41) is 4.08. The standard InChI is InChI=1S/C20H20FN5O2/c21-16-3-1-4-17(13-16)28-20-19(22-8-9-23-20)15-5-11-25(12-6-15)18(27)14-26-10-2-7-24-26/h1-4,7-10,13,15H,5-6,11-12,14H2. The van der Waals surface area contributed by atoms with Gasteiger partial charge < -0.3 is 9.64 Å². The van der Waals surface area contributed by atoms with Gasteiger partial charge in [0.25, 0.3) is 0 Å². The molecular weight excluding hydrogens is 361 g/mol. The molecule has 0 N–H and O–H groups in total. The Hall–Kier alpha value is -3.29. The molecule has 1 aromatic carbocycles. The van der Waals surface area contributed by atoms with Crippen LogP contribution in [0.3, 0.4) is 0 Å². The molecule has 1 aliphatic rings. The molecule has 1 aliphatic heterocycles. The Labute approximate surface area is 161 Å². The number of likely N-dealkylation sites (tertiary alicyclic amines) is 1. The number of rotatable bonds is 5. The summed E-state index contributed by atoms with van der Waals surface area (Å²) in [6.45, 7) is 1.53. The lowest BCUT2D eigenvalue weighted by Gasteiger charge is -2.32. The van der Waals surface area contributed by atoms with E-state index in [2.05, 4.69) is 15.1 Å². The molecule has 3 heterocycles. The fourth-order valence-corrected chi connectivity index (χ4v) is 3.37. The number of halogens is 1. The maximum absolute atomic E-state index is 13.4. The van der Waals surface area contributed by atoms with E-state index in [1.165, 1.54) is 12.1 Å². The maximum atomic E-state index is 13.4.